The van der Waals surface area contributed by atoms with Crippen LogP contribution in [0, 0.1) is 5.41 Å². The molecule has 2 saturated heterocycles. The summed E-state index contributed by atoms with van der Waals surface area (Å²) in [7, 11) is 1.69. The smallest absolute Gasteiger partial charge is 0.223 e. The van der Waals surface area contributed by atoms with E-state index in [0.717, 1.165) is 50.3 Å². The van der Waals surface area contributed by atoms with Gasteiger partial charge in [0.15, 0.2) is 0 Å². The number of ether oxygens (including phenoxy) is 1. The van der Waals surface area contributed by atoms with Gasteiger partial charge in [-0.1, -0.05) is 25.1 Å². The molecule has 1 N–H and O–H groups in total. The second-order valence-electron chi connectivity index (χ2n) is 7.15. The minimum atomic E-state index is 0. The van der Waals surface area contributed by atoms with E-state index in [-0.39, 0.29) is 24.2 Å². The summed E-state index contributed by atoms with van der Waals surface area (Å²) in [5, 5.41) is 3.48. The van der Waals surface area contributed by atoms with Crippen molar-refractivity contribution in [3.05, 3.63) is 29.8 Å². The highest BCUT2D eigenvalue weighted by atomic mass is 35.5. The Balaban J connectivity index is 0.00000208. The largest absolute Gasteiger partial charge is 0.496 e. The van der Waals surface area contributed by atoms with Crippen LogP contribution in [0.15, 0.2) is 24.3 Å². The van der Waals surface area contributed by atoms with Gasteiger partial charge in [0.2, 0.25) is 5.91 Å². The lowest BCUT2D eigenvalue weighted by Gasteiger charge is -2.39. The normalized spacial score (nSPS) is 20.5. The van der Waals surface area contributed by atoms with Crippen molar-refractivity contribution >= 4 is 18.3 Å². The summed E-state index contributed by atoms with van der Waals surface area (Å²) < 4.78 is 5.43. The van der Waals surface area contributed by atoms with Crippen LogP contribution < -0.4 is 10.1 Å². The van der Waals surface area contributed by atoms with Crippen LogP contribution in [0.5, 0.6) is 5.75 Å². The highest BCUT2D eigenvalue weighted by Gasteiger charge is 2.38. The van der Waals surface area contributed by atoms with Crippen LogP contribution in [0.4, 0.5) is 0 Å². The molecule has 5 heteroatoms. The molecule has 24 heavy (non-hydrogen) atoms. The van der Waals surface area contributed by atoms with Crippen LogP contribution >= 0.6 is 12.4 Å². The number of carbonyl (C=O) groups excluding carboxylic acids is 1. The van der Waals surface area contributed by atoms with Crippen LogP contribution in [-0.2, 0) is 4.79 Å². The highest BCUT2D eigenvalue weighted by molar-refractivity contribution is 5.85. The number of hydrogen-bond donors (Lipinski definition) is 1. The molecule has 0 aromatic heterocycles. The fraction of sp³-hybridized carbons (Fsp3) is 0.632. The van der Waals surface area contributed by atoms with Crippen molar-refractivity contribution in [3.8, 4) is 5.75 Å². The molecule has 3 rings (SSSR count). The summed E-state index contributed by atoms with van der Waals surface area (Å²) in [4.78, 5) is 14.7. The monoisotopic (exact) mass is 352 g/mol. The molecule has 2 heterocycles. The molecule has 0 saturated carbocycles. The number of benzene rings is 1. The SMILES string of the molecule is COc1ccccc1C(C)CC(=O)N1CCC2(CCNC2)CC1.Cl. The molecule has 1 aromatic carbocycles. The number of piperidine rings is 1. The molecular weight excluding hydrogens is 324 g/mol. The Hall–Kier alpha value is -1.26. The van der Waals surface area contributed by atoms with E-state index >= 15 is 0 Å². The van der Waals surface area contributed by atoms with Gasteiger partial charge in [-0.25, -0.2) is 0 Å². The lowest BCUT2D eigenvalue weighted by Crippen LogP contribution is -2.44. The fourth-order valence-electron chi connectivity index (χ4n) is 4.03. The Morgan fingerprint density at radius 3 is 2.62 bits per heavy atom. The minimum Gasteiger partial charge on any atom is -0.496 e. The van der Waals surface area contributed by atoms with E-state index in [1.54, 1.807) is 7.11 Å². The van der Waals surface area contributed by atoms with E-state index in [1.165, 1.54) is 6.42 Å². The van der Waals surface area contributed by atoms with Gasteiger partial charge in [0.05, 0.1) is 7.11 Å². The zero-order valence-corrected chi connectivity index (χ0v) is 15.5. The van der Waals surface area contributed by atoms with E-state index in [1.807, 2.05) is 18.2 Å². The number of halogens is 1. The van der Waals surface area contributed by atoms with Crippen molar-refractivity contribution in [1.82, 2.24) is 10.2 Å². The van der Waals surface area contributed by atoms with Gasteiger partial charge in [0.25, 0.3) is 0 Å². The number of hydrogen-bond acceptors (Lipinski definition) is 3. The maximum atomic E-state index is 12.7. The van der Waals surface area contributed by atoms with Crippen molar-refractivity contribution in [2.24, 2.45) is 5.41 Å². The van der Waals surface area contributed by atoms with E-state index < -0.39 is 0 Å². The van der Waals surface area contributed by atoms with Crippen molar-refractivity contribution in [2.45, 2.75) is 38.5 Å². The topological polar surface area (TPSA) is 41.6 Å². The lowest BCUT2D eigenvalue weighted by molar-refractivity contribution is -0.133. The fourth-order valence-corrected chi connectivity index (χ4v) is 4.03. The molecule has 1 aromatic rings. The number of nitrogens with zero attached hydrogens (tertiary/aromatic N) is 1. The number of nitrogens with one attached hydrogen (secondary N) is 1. The predicted octanol–water partition coefficient (Wildman–Crippen LogP) is 3.21. The molecule has 1 amide bonds. The summed E-state index contributed by atoms with van der Waals surface area (Å²) >= 11 is 0. The maximum Gasteiger partial charge on any atom is 0.223 e. The number of para-hydroxylation sites is 1. The van der Waals surface area contributed by atoms with Crippen LogP contribution in [0.2, 0.25) is 0 Å². The first-order chi connectivity index (χ1) is 11.1. The Morgan fingerprint density at radius 1 is 1.29 bits per heavy atom. The standard InChI is InChI=1S/C19H28N2O2.ClH/c1-15(16-5-3-4-6-17(16)23-2)13-18(22)21-11-8-19(9-12-21)7-10-20-14-19;/h3-6,15,20H,7-14H2,1-2H3;1H. The third kappa shape index (κ3) is 4.04. The van der Waals surface area contributed by atoms with E-state index in [4.69, 9.17) is 4.74 Å². The molecular formula is C19H29ClN2O2. The molecule has 0 aliphatic carbocycles. The third-order valence-electron chi connectivity index (χ3n) is 5.66. The van der Waals surface area contributed by atoms with Gasteiger partial charge in [-0.3, -0.25) is 4.79 Å². The molecule has 1 spiro atoms. The van der Waals surface area contributed by atoms with Crippen LogP contribution in [0.3, 0.4) is 0 Å². The van der Waals surface area contributed by atoms with Crippen molar-refractivity contribution < 1.29 is 9.53 Å². The van der Waals surface area contributed by atoms with Crippen molar-refractivity contribution in [2.75, 3.05) is 33.3 Å². The number of carbonyl (C=O) groups is 1. The van der Waals surface area contributed by atoms with Gasteiger partial charge >= 0.3 is 0 Å². The van der Waals surface area contributed by atoms with E-state index in [2.05, 4.69) is 23.2 Å². The van der Waals surface area contributed by atoms with Gasteiger partial charge in [-0.2, -0.15) is 0 Å². The molecule has 134 valence electrons. The Morgan fingerprint density at radius 2 is 2.00 bits per heavy atom. The average molecular weight is 353 g/mol. The first-order valence-corrected chi connectivity index (χ1v) is 8.75. The Kier molecular flexibility index (Phi) is 6.53. The average Bonchev–Trinajstić information content (AvgIpc) is 3.03. The van der Waals surface area contributed by atoms with Gasteiger partial charge < -0.3 is 15.0 Å². The Bertz CT molecular complexity index is 548. The molecule has 4 nitrogen and oxygen atoms in total. The van der Waals surface area contributed by atoms with Crippen LogP contribution in [-0.4, -0.2) is 44.1 Å². The van der Waals surface area contributed by atoms with Crippen LogP contribution in [0.25, 0.3) is 0 Å². The number of rotatable bonds is 4. The van der Waals surface area contributed by atoms with Crippen LogP contribution in [0.1, 0.15) is 44.1 Å². The lowest BCUT2D eigenvalue weighted by atomic mass is 9.77. The number of amides is 1. The zero-order valence-electron chi connectivity index (χ0n) is 14.7. The summed E-state index contributed by atoms with van der Waals surface area (Å²) in [6.07, 6.45) is 4.13. The minimum absolute atomic E-state index is 0. The van der Waals surface area contributed by atoms with E-state index in [0.29, 0.717) is 11.8 Å². The number of methoxy groups -OCH3 is 1. The first-order valence-electron chi connectivity index (χ1n) is 8.75. The maximum absolute atomic E-state index is 12.7. The molecule has 0 bridgehead atoms. The first kappa shape index (κ1) is 19.1. The Labute approximate surface area is 151 Å². The molecule has 2 fully saturated rings. The molecule has 1 unspecified atom stereocenters. The summed E-state index contributed by atoms with van der Waals surface area (Å²) in [6.45, 7) is 6.21. The van der Waals surface area contributed by atoms with Crippen molar-refractivity contribution in [1.29, 1.82) is 0 Å². The second kappa shape index (κ2) is 8.21. The van der Waals surface area contributed by atoms with Gasteiger partial charge in [0, 0.05) is 26.1 Å². The summed E-state index contributed by atoms with van der Waals surface area (Å²) in [5.41, 5.74) is 1.59. The van der Waals surface area contributed by atoms with E-state index in [9.17, 15) is 4.79 Å². The van der Waals surface area contributed by atoms with Gasteiger partial charge in [-0.05, 0) is 48.8 Å². The van der Waals surface area contributed by atoms with Gasteiger partial charge in [0.1, 0.15) is 5.75 Å². The van der Waals surface area contributed by atoms with Crippen molar-refractivity contribution in [3.63, 3.8) is 0 Å². The van der Waals surface area contributed by atoms with Gasteiger partial charge in [-0.15, -0.1) is 12.4 Å². The molecule has 0 radical (unpaired) electrons. The third-order valence-corrected chi connectivity index (χ3v) is 5.66. The highest BCUT2D eigenvalue weighted by Crippen LogP contribution is 2.37. The summed E-state index contributed by atoms with van der Waals surface area (Å²) in [6, 6.07) is 8.01. The molecule has 2 aliphatic heterocycles. The molecule has 1 atom stereocenters. The second-order valence-corrected chi connectivity index (χ2v) is 7.15. The quantitative estimate of drug-likeness (QED) is 0.904. The summed E-state index contributed by atoms with van der Waals surface area (Å²) in [5.74, 6) is 1.34. The predicted molar refractivity (Wildman–Crippen MR) is 99.0 cm³/mol. The molecule has 2 aliphatic rings. The number of likely N-dealkylation sites (tertiary alicyclic amines) is 1. The zero-order chi connectivity index (χ0) is 16.3.